The fourth-order valence-corrected chi connectivity index (χ4v) is 3.45. The van der Waals surface area contributed by atoms with Crippen molar-refractivity contribution in [3.05, 3.63) is 52.8 Å². The number of rotatable bonds is 5. The maximum Gasteiger partial charge on any atom is 0.263 e. The highest BCUT2D eigenvalue weighted by Gasteiger charge is 2.16. The number of nitrogens with zero attached hydrogens (tertiary/aromatic N) is 1. The van der Waals surface area contributed by atoms with E-state index in [4.69, 9.17) is 0 Å². The average Bonchev–Trinajstić information content (AvgIpc) is 2.41. The third-order valence-electron chi connectivity index (χ3n) is 2.77. The van der Waals surface area contributed by atoms with Crippen LogP contribution in [0.3, 0.4) is 0 Å². The lowest BCUT2D eigenvalue weighted by Crippen LogP contribution is -2.14. The minimum atomic E-state index is -3.62. The smallest absolute Gasteiger partial charge is 0.263 e. The van der Waals surface area contributed by atoms with Gasteiger partial charge in [0.1, 0.15) is 4.90 Å². The highest BCUT2D eigenvalue weighted by Crippen LogP contribution is 2.22. The van der Waals surface area contributed by atoms with E-state index in [1.54, 1.807) is 12.3 Å². The quantitative estimate of drug-likeness (QED) is 0.892. The SMILES string of the molecule is CCCc1ccccc1NS(=O)(=O)c1cncc(Br)c1. The van der Waals surface area contributed by atoms with Gasteiger partial charge in [-0.15, -0.1) is 0 Å². The molecule has 1 aromatic heterocycles. The van der Waals surface area contributed by atoms with Gasteiger partial charge in [-0.1, -0.05) is 31.5 Å². The van der Waals surface area contributed by atoms with E-state index in [1.165, 1.54) is 12.3 Å². The molecular formula is C14H15BrN2O2S. The Balaban J connectivity index is 2.34. The number of nitrogens with one attached hydrogen (secondary N) is 1. The highest BCUT2D eigenvalue weighted by molar-refractivity contribution is 9.10. The van der Waals surface area contributed by atoms with Crippen LogP contribution in [0.25, 0.3) is 0 Å². The number of pyridine rings is 1. The van der Waals surface area contributed by atoms with Crippen molar-refractivity contribution in [2.75, 3.05) is 4.72 Å². The third kappa shape index (κ3) is 3.58. The summed E-state index contributed by atoms with van der Waals surface area (Å²) in [6, 6.07) is 8.95. The molecule has 0 radical (unpaired) electrons. The molecule has 0 saturated heterocycles. The van der Waals surface area contributed by atoms with Crippen LogP contribution in [0.1, 0.15) is 18.9 Å². The lowest BCUT2D eigenvalue weighted by Gasteiger charge is -2.12. The van der Waals surface area contributed by atoms with E-state index in [0.29, 0.717) is 10.2 Å². The summed E-state index contributed by atoms with van der Waals surface area (Å²) in [5.74, 6) is 0. The van der Waals surface area contributed by atoms with Gasteiger partial charge in [-0.05, 0) is 40.0 Å². The van der Waals surface area contributed by atoms with Crippen LogP contribution in [0.15, 0.2) is 52.1 Å². The number of benzene rings is 1. The van der Waals surface area contributed by atoms with Crippen LogP contribution in [0.4, 0.5) is 5.69 Å². The molecule has 1 aromatic carbocycles. The predicted octanol–water partition coefficient (Wildman–Crippen LogP) is 3.60. The monoisotopic (exact) mass is 354 g/mol. The molecule has 0 aliphatic rings. The molecule has 1 N–H and O–H groups in total. The molecule has 0 saturated carbocycles. The summed E-state index contributed by atoms with van der Waals surface area (Å²) in [7, 11) is -3.62. The second-order valence-electron chi connectivity index (χ2n) is 4.35. The molecule has 0 spiro atoms. The lowest BCUT2D eigenvalue weighted by atomic mass is 10.1. The van der Waals surface area contributed by atoms with Crippen molar-refractivity contribution in [2.24, 2.45) is 0 Å². The molecule has 6 heteroatoms. The third-order valence-corrected chi connectivity index (χ3v) is 4.54. The van der Waals surface area contributed by atoms with Crippen LogP contribution in [-0.4, -0.2) is 13.4 Å². The molecule has 2 rings (SSSR count). The summed E-state index contributed by atoms with van der Waals surface area (Å²) in [5, 5.41) is 0. The van der Waals surface area contributed by atoms with Crippen molar-refractivity contribution in [1.29, 1.82) is 0 Å². The van der Waals surface area contributed by atoms with Crippen molar-refractivity contribution in [3.8, 4) is 0 Å². The molecule has 4 nitrogen and oxygen atoms in total. The zero-order chi connectivity index (χ0) is 14.6. The number of aromatic nitrogens is 1. The van der Waals surface area contributed by atoms with Crippen LogP contribution in [-0.2, 0) is 16.4 Å². The number of anilines is 1. The first-order chi connectivity index (χ1) is 9.53. The second kappa shape index (κ2) is 6.37. The van der Waals surface area contributed by atoms with Crippen molar-refractivity contribution in [1.82, 2.24) is 4.98 Å². The largest absolute Gasteiger partial charge is 0.279 e. The first-order valence-electron chi connectivity index (χ1n) is 6.24. The van der Waals surface area contributed by atoms with E-state index >= 15 is 0 Å². The molecular weight excluding hydrogens is 340 g/mol. The van der Waals surface area contributed by atoms with Crippen LogP contribution < -0.4 is 4.72 Å². The number of hydrogen-bond acceptors (Lipinski definition) is 3. The maximum absolute atomic E-state index is 12.3. The van der Waals surface area contributed by atoms with Gasteiger partial charge in [-0.3, -0.25) is 9.71 Å². The summed E-state index contributed by atoms with van der Waals surface area (Å²) in [6.07, 6.45) is 4.66. The molecule has 0 aliphatic carbocycles. The van der Waals surface area contributed by atoms with Gasteiger partial charge in [0.15, 0.2) is 0 Å². The molecule has 0 amide bonds. The van der Waals surface area contributed by atoms with Crippen molar-refractivity contribution in [2.45, 2.75) is 24.7 Å². The van der Waals surface area contributed by atoms with Gasteiger partial charge in [0.2, 0.25) is 0 Å². The summed E-state index contributed by atoms with van der Waals surface area (Å²) in [4.78, 5) is 4.02. The summed E-state index contributed by atoms with van der Waals surface area (Å²) in [5.41, 5.74) is 1.61. The van der Waals surface area contributed by atoms with E-state index in [-0.39, 0.29) is 4.90 Å². The Morgan fingerprint density at radius 2 is 2.00 bits per heavy atom. The van der Waals surface area contributed by atoms with Gasteiger partial charge >= 0.3 is 0 Å². The number of halogens is 1. The number of sulfonamides is 1. The molecule has 0 unspecified atom stereocenters. The second-order valence-corrected chi connectivity index (χ2v) is 6.95. The zero-order valence-electron chi connectivity index (χ0n) is 11.0. The van der Waals surface area contributed by atoms with Gasteiger partial charge in [0.05, 0.1) is 5.69 Å². The van der Waals surface area contributed by atoms with Crippen molar-refractivity contribution >= 4 is 31.6 Å². The van der Waals surface area contributed by atoms with E-state index in [2.05, 4.69) is 32.6 Å². The molecule has 0 aliphatic heterocycles. The summed E-state index contributed by atoms with van der Waals surface area (Å²) < 4.78 is 27.9. The van der Waals surface area contributed by atoms with E-state index < -0.39 is 10.0 Å². The standard InChI is InChI=1S/C14H15BrN2O2S/c1-2-5-11-6-3-4-7-14(11)17-20(18,19)13-8-12(15)9-16-10-13/h3-4,6-10,17H,2,5H2,1H3. The molecule has 1 heterocycles. The molecule has 0 fully saturated rings. The predicted molar refractivity (Wildman–Crippen MR) is 83.2 cm³/mol. The molecule has 0 bridgehead atoms. The first kappa shape index (κ1) is 15.0. The van der Waals surface area contributed by atoms with Crippen molar-refractivity contribution < 1.29 is 8.42 Å². The van der Waals surface area contributed by atoms with E-state index in [0.717, 1.165) is 18.4 Å². The highest BCUT2D eigenvalue weighted by atomic mass is 79.9. The van der Waals surface area contributed by atoms with Crippen LogP contribution in [0, 0.1) is 0 Å². The van der Waals surface area contributed by atoms with Crippen molar-refractivity contribution in [3.63, 3.8) is 0 Å². The summed E-state index contributed by atoms with van der Waals surface area (Å²) in [6.45, 7) is 2.06. The zero-order valence-corrected chi connectivity index (χ0v) is 13.4. The van der Waals surface area contributed by atoms with E-state index in [9.17, 15) is 8.42 Å². The maximum atomic E-state index is 12.3. The lowest BCUT2D eigenvalue weighted by molar-refractivity contribution is 0.600. The molecule has 2 aromatic rings. The van der Waals surface area contributed by atoms with Crippen LogP contribution in [0.2, 0.25) is 0 Å². The average molecular weight is 355 g/mol. The Morgan fingerprint density at radius 3 is 2.70 bits per heavy atom. The van der Waals surface area contributed by atoms with Gasteiger partial charge in [-0.25, -0.2) is 8.42 Å². The van der Waals surface area contributed by atoms with Crippen LogP contribution >= 0.6 is 15.9 Å². The Bertz CT molecular complexity index is 702. The van der Waals surface area contributed by atoms with Gasteiger partial charge in [-0.2, -0.15) is 0 Å². The first-order valence-corrected chi connectivity index (χ1v) is 8.52. The Hall–Kier alpha value is -1.40. The van der Waals surface area contributed by atoms with Crippen LogP contribution in [0.5, 0.6) is 0 Å². The minimum Gasteiger partial charge on any atom is -0.279 e. The molecule has 20 heavy (non-hydrogen) atoms. The Labute approximate surface area is 127 Å². The van der Waals surface area contributed by atoms with E-state index in [1.807, 2.05) is 18.2 Å². The fourth-order valence-electron chi connectivity index (χ4n) is 1.85. The summed E-state index contributed by atoms with van der Waals surface area (Å²) >= 11 is 3.22. The number of hydrogen-bond donors (Lipinski definition) is 1. The normalized spacial score (nSPS) is 11.3. The molecule has 0 atom stereocenters. The molecule has 106 valence electrons. The fraction of sp³-hybridized carbons (Fsp3) is 0.214. The number of para-hydroxylation sites is 1. The minimum absolute atomic E-state index is 0.137. The topological polar surface area (TPSA) is 59.1 Å². The number of aryl methyl sites for hydroxylation is 1. The van der Waals surface area contributed by atoms with Gasteiger partial charge < -0.3 is 0 Å². The Morgan fingerprint density at radius 1 is 1.25 bits per heavy atom. The van der Waals surface area contributed by atoms with Gasteiger partial charge in [0, 0.05) is 16.9 Å². The Kier molecular flexibility index (Phi) is 4.77. The van der Waals surface area contributed by atoms with Gasteiger partial charge in [0.25, 0.3) is 10.0 Å².